The largest absolute Gasteiger partial charge is 0.354 e. The van der Waals surface area contributed by atoms with Crippen LogP contribution in [0.3, 0.4) is 0 Å². The molecular weight excluding hydrogens is 328 g/mol. The van der Waals surface area contributed by atoms with E-state index in [1.165, 1.54) is 0 Å². The molecule has 0 aliphatic carbocycles. The molecule has 3 amide bonds. The summed E-state index contributed by atoms with van der Waals surface area (Å²) in [5.74, 6) is 1.07. The number of thioether (sulfide) groups is 1. The molecule has 0 saturated carbocycles. The first kappa shape index (κ1) is 17.1. The highest BCUT2D eigenvalue weighted by Crippen LogP contribution is 2.33. The minimum Gasteiger partial charge on any atom is -0.354 e. The van der Waals surface area contributed by atoms with Gasteiger partial charge >= 0.3 is 6.03 Å². The number of urea groups is 1. The van der Waals surface area contributed by atoms with Crippen molar-refractivity contribution in [1.82, 2.24) is 30.9 Å². The van der Waals surface area contributed by atoms with Crippen LogP contribution in [0.5, 0.6) is 0 Å². The van der Waals surface area contributed by atoms with Gasteiger partial charge in [0.1, 0.15) is 0 Å². The number of amides is 3. The standard InChI is InChI=1S/C15H24N6O2S/c1-10-8-21(20-19-10)7-6-16-13(22)5-3-2-4-12-14-11(9-24-12)17-15(23)18-14/h8,11-12,14H,2-7,9H2,1H3,(H,16,22)(H2,17,18,23). The third-order valence-corrected chi connectivity index (χ3v) is 5.91. The Labute approximate surface area is 145 Å². The van der Waals surface area contributed by atoms with E-state index >= 15 is 0 Å². The summed E-state index contributed by atoms with van der Waals surface area (Å²) in [5.41, 5.74) is 0.877. The van der Waals surface area contributed by atoms with Crippen LogP contribution in [0.4, 0.5) is 4.79 Å². The highest BCUT2D eigenvalue weighted by atomic mass is 32.2. The number of carbonyl (C=O) groups excluding carboxylic acids is 2. The van der Waals surface area contributed by atoms with Gasteiger partial charge in [-0.15, -0.1) is 5.10 Å². The van der Waals surface area contributed by atoms with Crippen LogP contribution in [-0.4, -0.2) is 56.6 Å². The second-order valence-electron chi connectivity index (χ2n) is 6.34. The molecule has 3 heterocycles. The lowest BCUT2D eigenvalue weighted by Crippen LogP contribution is -2.36. The first-order valence-electron chi connectivity index (χ1n) is 8.44. The van der Waals surface area contributed by atoms with Crippen LogP contribution in [0.25, 0.3) is 0 Å². The molecule has 3 rings (SSSR count). The zero-order valence-electron chi connectivity index (χ0n) is 13.8. The molecule has 0 spiro atoms. The summed E-state index contributed by atoms with van der Waals surface area (Å²) < 4.78 is 1.73. The fourth-order valence-electron chi connectivity index (χ4n) is 3.18. The van der Waals surface area contributed by atoms with Gasteiger partial charge in [0.2, 0.25) is 5.91 Å². The van der Waals surface area contributed by atoms with Crippen molar-refractivity contribution in [3.8, 4) is 0 Å². The van der Waals surface area contributed by atoms with Crippen LogP contribution in [0.1, 0.15) is 31.4 Å². The molecule has 2 aliphatic heterocycles. The van der Waals surface area contributed by atoms with Crippen molar-refractivity contribution in [2.45, 2.75) is 56.5 Å². The van der Waals surface area contributed by atoms with Crippen molar-refractivity contribution >= 4 is 23.7 Å². The Morgan fingerprint density at radius 1 is 1.46 bits per heavy atom. The zero-order chi connectivity index (χ0) is 16.9. The SMILES string of the molecule is Cc1cn(CCNC(=O)CCCCC2SCC3NC(=O)NC32)nn1. The molecule has 3 N–H and O–H groups in total. The second-order valence-corrected chi connectivity index (χ2v) is 7.61. The van der Waals surface area contributed by atoms with Gasteiger partial charge in [0.15, 0.2) is 0 Å². The Morgan fingerprint density at radius 2 is 2.33 bits per heavy atom. The molecule has 0 aromatic carbocycles. The van der Waals surface area contributed by atoms with Gasteiger partial charge < -0.3 is 16.0 Å². The maximum absolute atomic E-state index is 11.8. The van der Waals surface area contributed by atoms with Crippen LogP contribution in [0.15, 0.2) is 6.20 Å². The number of unbranched alkanes of at least 4 members (excludes halogenated alkanes) is 1. The van der Waals surface area contributed by atoms with Gasteiger partial charge in [-0.05, 0) is 19.8 Å². The third-order valence-electron chi connectivity index (χ3n) is 4.40. The predicted molar refractivity (Wildman–Crippen MR) is 91.7 cm³/mol. The van der Waals surface area contributed by atoms with Gasteiger partial charge in [0.05, 0.1) is 24.3 Å². The predicted octanol–water partition coefficient (Wildman–Crippen LogP) is 0.429. The van der Waals surface area contributed by atoms with E-state index in [-0.39, 0.29) is 24.0 Å². The molecule has 3 unspecified atom stereocenters. The number of carbonyl (C=O) groups is 2. The Morgan fingerprint density at radius 3 is 3.12 bits per heavy atom. The van der Waals surface area contributed by atoms with Gasteiger partial charge in [-0.3, -0.25) is 9.48 Å². The Hall–Kier alpha value is -1.77. The number of aryl methyl sites for hydroxylation is 1. The average molecular weight is 352 g/mol. The Balaban J connectivity index is 1.25. The van der Waals surface area contributed by atoms with Crippen molar-refractivity contribution in [1.29, 1.82) is 0 Å². The molecule has 1 aromatic heterocycles. The lowest BCUT2D eigenvalue weighted by atomic mass is 10.0. The maximum atomic E-state index is 11.8. The summed E-state index contributed by atoms with van der Waals surface area (Å²) in [4.78, 5) is 23.2. The quantitative estimate of drug-likeness (QED) is 0.465. The van der Waals surface area contributed by atoms with E-state index in [4.69, 9.17) is 0 Å². The topological polar surface area (TPSA) is 101 Å². The van der Waals surface area contributed by atoms with Crippen molar-refractivity contribution in [2.24, 2.45) is 0 Å². The number of rotatable bonds is 8. The number of nitrogens with one attached hydrogen (secondary N) is 3. The molecule has 1 aromatic rings. The average Bonchev–Trinajstić information content (AvgIpc) is 3.21. The Kier molecular flexibility index (Phi) is 5.60. The van der Waals surface area contributed by atoms with E-state index in [1.54, 1.807) is 4.68 Å². The second kappa shape index (κ2) is 7.87. The van der Waals surface area contributed by atoms with E-state index in [0.29, 0.717) is 24.8 Å². The van der Waals surface area contributed by atoms with Crippen LogP contribution in [0.2, 0.25) is 0 Å². The summed E-state index contributed by atoms with van der Waals surface area (Å²) in [6, 6.07) is 0.482. The van der Waals surface area contributed by atoms with Crippen molar-refractivity contribution in [3.05, 3.63) is 11.9 Å². The van der Waals surface area contributed by atoms with Gasteiger partial charge in [-0.25, -0.2) is 4.79 Å². The fourth-order valence-corrected chi connectivity index (χ4v) is 4.72. The molecule has 2 saturated heterocycles. The molecule has 9 heteroatoms. The molecule has 132 valence electrons. The molecule has 2 aliphatic rings. The first-order chi connectivity index (χ1) is 11.6. The van der Waals surface area contributed by atoms with E-state index < -0.39 is 0 Å². The lowest BCUT2D eigenvalue weighted by molar-refractivity contribution is -0.121. The highest BCUT2D eigenvalue weighted by Gasteiger charge is 2.42. The van der Waals surface area contributed by atoms with Crippen molar-refractivity contribution in [3.63, 3.8) is 0 Å². The normalized spacial score (nSPS) is 25.2. The number of nitrogens with zero attached hydrogens (tertiary/aromatic N) is 3. The molecular formula is C15H24N6O2S. The van der Waals surface area contributed by atoms with Gasteiger partial charge in [0.25, 0.3) is 0 Å². The minimum absolute atomic E-state index is 0.0442. The number of hydrogen-bond donors (Lipinski definition) is 3. The summed E-state index contributed by atoms with van der Waals surface area (Å²) in [6.07, 6.45) is 5.33. The maximum Gasteiger partial charge on any atom is 0.315 e. The minimum atomic E-state index is -0.0442. The van der Waals surface area contributed by atoms with Crippen LogP contribution in [0, 0.1) is 6.92 Å². The van der Waals surface area contributed by atoms with E-state index in [2.05, 4.69) is 26.3 Å². The summed E-state index contributed by atoms with van der Waals surface area (Å²) in [6.45, 7) is 3.10. The molecule has 24 heavy (non-hydrogen) atoms. The summed E-state index contributed by atoms with van der Waals surface area (Å²) >= 11 is 1.92. The molecule has 0 bridgehead atoms. The molecule has 2 fully saturated rings. The summed E-state index contributed by atoms with van der Waals surface area (Å²) in [5, 5.41) is 17.2. The highest BCUT2D eigenvalue weighted by molar-refractivity contribution is 8.00. The fraction of sp³-hybridized carbons (Fsp3) is 0.733. The van der Waals surface area contributed by atoms with Crippen LogP contribution < -0.4 is 16.0 Å². The molecule has 3 atom stereocenters. The van der Waals surface area contributed by atoms with Gasteiger partial charge in [-0.2, -0.15) is 11.8 Å². The summed E-state index contributed by atoms with van der Waals surface area (Å²) in [7, 11) is 0. The molecule has 8 nitrogen and oxygen atoms in total. The van der Waals surface area contributed by atoms with Crippen LogP contribution in [-0.2, 0) is 11.3 Å². The monoisotopic (exact) mass is 352 g/mol. The smallest absolute Gasteiger partial charge is 0.315 e. The Bertz CT molecular complexity index is 592. The third kappa shape index (κ3) is 4.40. The van der Waals surface area contributed by atoms with E-state index in [1.807, 2.05) is 24.9 Å². The zero-order valence-corrected chi connectivity index (χ0v) is 14.6. The van der Waals surface area contributed by atoms with Crippen molar-refractivity contribution in [2.75, 3.05) is 12.3 Å². The van der Waals surface area contributed by atoms with E-state index in [9.17, 15) is 9.59 Å². The van der Waals surface area contributed by atoms with Crippen molar-refractivity contribution < 1.29 is 9.59 Å². The van der Waals surface area contributed by atoms with Gasteiger partial charge in [-0.1, -0.05) is 11.6 Å². The number of aromatic nitrogens is 3. The first-order valence-corrected chi connectivity index (χ1v) is 9.49. The van der Waals surface area contributed by atoms with Crippen LogP contribution >= 0.6 is 11.8 Å². The molecule has 0 radical (unpaired) electrons. The van der Waals surface area contributed by atoms with E-state index in [0.717, 1.165) is 30.7 Å². The lowest BCUT2D eigenvalue weighted by Gasteiger charge is -2.16. The number of fused-ring (bicyclic) bond motifs is 1. The number of hydrogen-bond acceptors (Lipinski definition) is 5. The van der Waals surface area contributed by atoms with Gasteiger partial charge in [0, 0.05) is 30.2 Å².